The molecule has 0 aliphatic rings. The maximum Gasteiger partial charge on any atom is 0.305 e. The van der Waals surface area contributed by atoms with Crippen LogP contribution in [-0.2, 0) is 14.3 Å². The molecular weight excluding hydrogens is 923 g/mol. The summed E-state index contributed by atoms with van der Waals surface area (Å²) < 4.78 is 5.50. The molecule has 0 fully saturated rings. The molecule has 6 nitrogen and oxygen atoms in total. The van der Waals surface area contributed by atoms with Gasteiger partial charge >= 0.3 is 5.97 Å². The quantitative estimate of drug-likeness (QED) is 0.0417. The number of carbonyl (C=O) groups is 2. The second-order valence-corrected chi connectivity index (χ2v) is 24.2. The van der Waals surface area contributed by atoms with Crippen LogP contribution in [0.5, 0.6) is 0 Å². The maximum absolute atomic E-state index is 12.6. The number of carbonyl (C=O) groups excluding carboxylic acids is 2. The first kappa shape index (κ1) is 73.9. The molecule has 0 aromatic carbocycles. The smallest absolute Gasteiger partial charge is 0.305 e. The van der Waals surface area contributed by atoms with Gasteiger partial charge in [0, 0.05) is 12.8 Å². The number of esters is 1. The molecule has 0 saturated heterocycles. The van der Waals surface area contributed by atoms with Crippen LogP contribution in [-0.4, -0.2) is 47.4 Å². The largest absolute Gasteiger partial charge is 0.466 e. The lowest BCUT2D eigenvalue weighted by Gasteiger charge is -2.22. The Labute approximate surface area is 470 Å². The van der Waals surface area contributed by atoms with Crippen LogP contribution in [0, 0.1) is 0 Å². The van der Waals surface area contributed by atoms with E-state index in [4.69, 9.17) is 4.74 Å². The Morgan fingerprint density at radius 2 is 0.547 bits per heavy atom. The van der Waals surface area contributed by atoms with Gasteiger partial charge in [0.1, 0.15) is 0 Å². The van der Waals surface area contributed by atoms with Crippen molar-refractivity contribution < 1.29 is 24.5 Å². The van der Waals surface area contributed by atoms with Gasteiger partial charge in [-0.05, 0) is 25.7 Å². The second kappa shape index (κ2) is 65.4. The topological polar surface area (TPSA) is 95.9 Å². The van der Waals surface area contributed by atoms with Crippen molar-refractivity contribution in [1.29, 1.82) is 0 Å². The van der Waals surface area contributed by atoms with Gasteiger partial charge < -0.3 is 20.3 Å². The number of ether oxygens (including phenoxy) is 1. The highest BCUT2D eigenvalue weighted by Crippen LogP contribution is 2.19. The number of aliphatic hydroxyl groups is 2. The van der Waals surface area contributed by atoms with Gasteiger partial charge in [-0.25, -0.2) is 0 Å². The van der Waals surface area contributed by atoms with E-state index in [0.29, 0.717) is 25.9 Å². The molecule has 0 saturated carbocycles. The van der Waals surface area contributed by atoms with Crippen molar-refractivity contribution in [2.75, 3.05) is 13.2 Å². The summed E-state index contributed by atoms with van der Waals surface area (Å²) in [5.74, 6) is -0.0182. The molecule has 1 amide bonds. The average Bonchev–Trinajstić information content (AvgIpc) is 3.41. The molecule has 0 spiro atoms. The molecule has 75 heavy (non-hydrogen) atoms. The SMILES string of the molecule is CCCCCCCCCCCCCCCCCCCCCCCCCCC(O)C(CO)NC(=O)CCCCCCCCCCCCCCCCCCCCCOC(=O)CCCCCCCCCCCCCCCCC. The third-order valence-corrected chi connectivity index (χ3v) is 16.7. The number of aliphatic hydroxyl groups excluding tert-OH is 2. The van der Waals surface area contributed by atoms with Gasteiger partial charge in [0.25, 0.3) is 0 Å². The predicted octanol–water partition coefficient (Wildman–Crippen LogP) is 22.2. The molecule has 0 aliphatic heterocycles. The molecule has 2 unspecified atom stereocenters. The van der Waals surface area contributed by atoms with Gasteiger partial charge in [0.2, 0.25) is 5.91 Å². The van der Waals surface area contributed by atoms with Crippen molar-refractivity contribution in [2.24, 2.45) is 0 Å². The Hall–Kier alpha value is -1.14. The third-order valence-electron chi connectivity index (χ3n) is 16.7. The highest BCUT2D eigenvalue weighted by molar-refractivity contribution is 5.76. The molecule has 0 radical (unpaired) electrons. The van der Waals surface area contributed by atoms with Gasteiger partial charge in [-0.2, -0.15) is 0 Å². The maximum atomic E-state index is 12.6. The van der Waals surface area contributed by atoms with E-state index in [1.165, 1.54) is 334 Å². The minimum atomic E-state index is -0.667. The zero-order valence-electron chi connectivity index (χ0n) is 51.3. The molecule has 0 aromatic heterocycles. The van der Waals surface area contributed by atoms with Crippen LogP contribution in [0.15, 0.2) is 0 Å². The molecule has 6 heteroatoms. The van der Waals surface area contributed by atoms with Crippen molar-refractivity contribution in [3.63, 3.8) is 0 Å². The van der Waals surface area contributed by atoms with Gasteiger partial charge in [-0.15, -0.1) is 0 Å². The first-order valence-electron chi connectivity index (χ1n) is 34.8. The zero-order valence-corrected chi connectivity index (χ0v) is 51.3. The third kappa shape index (κ3) is 61.9. The monoisotopic (exact) mass is 1060 g/mol. The normalized spacial score (nSPS) is 12.4. The Morgan fingerprint density at radius 3 is 0.813 bits per heavy atom. The molecule has 0 aromatic rings. The van der Waals surface area contributed by atoms with Crippen LogP contribution in [0.1, 0.15) is 406 Å². The lowest BCUT2D eigenvalue weighted by atomic mass is 10.0. The molecule has 448 valence electrons. The van der Waals surface area contributed by atoms with Gasteiger partial charge in [0.15, 0.2) is 0 Å². The fourth-order valence-electron chi connectivity index (χ4n) is 11.4. The van der Waals surface area contributed by atoms with Crippen LogP contribution in [0.25, 0.3) is 0 Å². The Kier molecular flexibility index (Phi) is 64.4. The Morgan fingerprint density at radius 1 is 0.320 bits per heavy atom. The minimum absolute atomic E-state index is 0.0137. The molecule has 0 aliphatic carbocycles. The van der Waals surface area contributed by atoms with Gasteiger partial charge in [-0.3, -0.25) is 9.59 Å². The van der Waals surface area contributed by atoms with E-state index in [1.54, 1.807) is 0 Å². The molecule has 0 rings (SSSR count). The first-order chi connectivity index (χ1) is 37.0. The van der Waals surface area contributed by atoms with Crippen molar-refractivity contribution in [3.8, 4) is 0 Å². The Bertz CT molecular complexity index is 1080. The van der Waals surface area contributed by atoms with Gasteiger partial charge in [0.05, 0.1) is 25.4 Å². The van der Waals surface area contributed by atoms with Crippen molar-refractivity contribution in [2.45, 2.75) is 418 Å². The number of hydrogen-bond acceptors (Lipinski definition) is 5. The molecule has 2 atom stereocenters. The van der Waals surface area contributed by atoms with Crippen molar-refractivity contribution in [3.05, 3.63) is 0 Å². The average molecular weight is 1060 g/mol. The summed E-state index contributed by atoms with van der Waals surface area (Å²) in [5, 5.41) is 23.4. The number of amides is 1. The highest BCUT2D eigenvalue weighted by Gasteiger charge is 2.20. The van der Waals surface area contributed by atoms with E-state index >= 15 is 0 Å². The lowest BCUT2D eigenvalue weighted by Crippen LogP contribution is -2.45. The van der Waals surface area contributed by atoms with E-state index in [-0.39, 0.29) is 18.5 Å². The van der Waals surface area contributed by atoms with Crippen LogP contribution < -0.4 is 5.32 Å². The summed E-state index contributed by atoms with van der Waals surface area (Å²) in [5.41, 5.74) is 0. The second-order valence-electron chi connectivity index (χ2n) is 24.2. The number of nitrogens with one attached hydrogen (secondary N) is 1. The summed E-state index contributed by atoms with van der Waals surface area (Å²) in [6.07, 6.45) is 78.5. The molecular formula is C69H137NO5. The summed E-state index contributed by atoms with van der Waals surface area (Å²) >= 11 is 0. The lowest BCUT2D eigenvalue weighted by molar-refractivity contribution is -0.143. The van der Waals surface area contributed by atoms with E-state index in [0.717, 1.165) is 38.5 Å². The standard InChI is InChI=1S/C69H137NO5/c1-3-5-7-9-11-13-15-17-19-20-21-22-23-24-25-27-30-34-37-41-45-49-53-57-61-67(72)66(65-71)70-68(73)62-58-54-50-46-42-38-35-31-28-26-29-32-36-40-44-48-52-56-60-64-75-69(74)63-59-55-51-47-43-39-33-18-16-14-12-10-8-6-4-2/h66-67,71-72H,3-65H2,1-2H3,(H,70,73). The van der Waals surface area contributed by atoms with Crippen LogP contribution >= 0.6 is 0 Å². The summed E-state index contributed by atoms with van der Waals surface area (Å²) in [7, 11) is 0. The number of rotatable bonds is 66. The molecule has 3 N–H and O–H groups in total. The summed E-state index contributed by atoms with van der Waals surface area (Å²) in [4.78, 5) is 24.6. The van der Waals surface area contributed by atoms with Crippen molar-refractivity contribution >= 4 is 11.9 Å². The van der Waals surface area contributed by atoms with Gasteiger partial charge in [-0.1, -0.05) is 367 Å². The minimum Gasteiger partial charge on any atom is -0.466 e. The fourth-order valence-corrected chi connectivity index (χ4v) is 11.4. The Balaban J connectivity index is 3.38. The predicted molar refractivity (Wildman–Crippen MR) is 329 cm³/mol. The first-order valence-corrected chi connectivity index (χ1v) is 34.8. The highest BCUT2D eigenvalue weighted by atomic mass is 16.5. The summed E-state index contributed by atoms with van der Waals surface area (Å²) in [6.45, 7) is 5.00. The van der Waals surface area contributed by atoms with Crippen LogP contribution in [0.4, 0.5) is 0 Å². The summed E-state index contributed by atoms with van der Waals surface area (Å²) in [6, 6.07) is -0.544. The van der Waals surface area contributed by atoms with E-state index < -0.39 is 12.1 Å². The van der Waals surface area contributed by atoms with Crippen LogP contribution in [0.2, 0.25) is 0 Å². The van der Waals surface area contributed by atoms with E-state index in [1.807, 2.05) is 0 Å². The van der Waals surface area contributed by atoms with E-state index in [9.17, 15) is 19.8 Å². The molecule has 0 heterocycles. The number of hydrogen-bond donors (Lipinski definition) is 3. The van der Waals surface area contributed by atoms with E-state index in [2.05, 4.69) is 19.2 Å². The zero-order chi connectivity index (χ0) is 54.3. The number of unbranched alkanes of at least 4 members (excludes halogenated alkanes) is 55. The van der Waals surface area contributed by atoms with Crippen LogP contribution in [0.3, 0.4) is 0 Å². The van der Waals surface area contributed by atoms with Crippen molar-refractivity contribution in [1.82, 2.24) is 5.32 Å². The fraction of sp³-hybridized carbons (Fsp3) is 0.971. The molecule has 0 bridgehead atoms.